The largest absolute Gasteiger partial charge is 0.385 e. The van der Waals surface area contributed by atoms with Gasteiger partial charge in [-0.25, -0.2) is 0 Å². The molecule has 2 atom stereocenters. The topological polar surface area (TPSA) is 112 Å². The summed E-state index contributed by atoms with van der Waals surface area (Å²) in [5.74, 6) is -3.24. The van der Waals surface area contributed by atoms with Gasteiger partial charge in [0.1, 0.15) is 6.10 Å². The van der Waals surface area contributed by atoms with Crippen LogP contribution in [0.4, 0.5) is 0 Å². The summed E-state index contributed by atoms with van der Waals surface area (Å²) < 4.78 is 0. The first-order chi connectivity index (χ1) is 11.3. The third-order valence-corrected chi connectivity index (χ3v) is 4.87. The van der Waals surface area contributed by atoms with Crippen LogP contribution in [0.3, 0.4) is 0 Å². The van der Waals surface area contributed by atoms with Gasteiger partial charge in [0.25, 0.3) is 0 Å². The van der Waals surface area contributed by atoms with Gasteiger partial charge in [-0.1, -0.05) is 48.5 Å². The van der Waals surface area contributed by atoms with Crippen LogP contribution in [0.25, 0.3) is 0 Å². The van der Waals surface area contributed by atoms with E-state index in [-0.39, 0.29) is 22.3 Å². The Kier molecular flexibility index (Phi) is 2.76. The third-order valence-electron chi connectivity index (χ3n) is 4.87. The van der Waals surface area contributed by atoms with Crippen LogP contribution in [0.15, 0.2) is 48.5 Å². The number of rotatable bonds is 1. The quantitative estimate of drug-likeness (QED) is 0.657. The van der Waals surface area contributed by atoms with Gasteiger partial charge in [0.15, 0.2) is 0 Å². The van der Waals surface area contributed by atoms with Crippen molar-refractivity contribution in [2.75, 3.05) is 0 Å². The average Bonchev–Trinajstić information content (AvgIpc) is 2.94. The minimum absolute atomic E-state index is 0.0301. The lowest BCUT2D eigenvalue weighted by Crippen LogP contribution is -2.66. The minimum atomic E-state index is -3.06. The van der Waals surface area contributed by atoms with E-state index in [0.29, 0.717) is 0 Å². The molecular weight excluding hydrogens is 312 g/mol. The molecule has 0 heterocycles. The van der Waals surface area contributed by atoms with Crippen molar-refractivity contribution < 1.29 is 29.7 Å². The number of aliphatic hydroxyl groups excluding tert-OH is 1. The highest BCUT2D eigenvalue weighted by molar-refractivity contribution is 6.35. The van der Waals surface area contributed by atoms with E-state index >= 15 is 0 Å². The first kappa shape index (κ1) is 14.9. The number of hydrogen-bond acceptors (Lipinski definition) is 6. The number of ketones is 3. The zero-order valence-electron chi connectivity index (χ0n) is 12.3. The van der Waals surface area contributed by atoms with Gasteiger partial charge in [0.2, 0.25) is 28.6 Å². The molecule has 0 aliphatic heterocycles. The fraction of sp³-hybridized carbons (Fsp3) is 0.167. The van der Waals surface area contributed by atoms with Crippen molar-refractivity contribution >= 4 is 17.3 Å². The van der Waals surface area contributed by atoms with Crippen molar-refractivity contribution in [1.29, 1.82) is 0 Å². The maximum Gasteiger partial charge on any atom is 0.230 e. The first-order valence-corrected chi connectivity index (χ1v) is 7.30. The van der Waals surface area contributed by atoms with Crippen molar-refractivity contribution in [2.45, 2.75) is 17.3 Å². The van der Waals surface area contributed by atoms with E-state index in [2.05, 4.69) is 0 Å². The molecule has 0 radical (unpaired) electrons. The molecule has 0 amide bonds. The zero-order chi connectivity index (χ0) is 17.3. The van der Waals surface area contributed by atoms with Crippen molar-refractivity contribution in [3.63, 3.8) is 0 Å². The van der Waals surface area contributed by atoms with Gasteiger partial charge in [0.05, 0.1) is 0 Å². The Balaban J connectivity index is 1.96. The zero-order valence-corrected chi connectivity index (χ0v) is 12.3. The Hall–Kier alpha value is -2.67. The second kappa shape index (κ2) is 4.45. The highest BCUT2D eigenvalue weighted by atomic mass is 16.4. The highest BCUT2D eigenvalue weighted by Crippen LogP contribution is 2.49. The number of Topliss-reactive ketones (excluding diaryl/α,β-unsaturated/α-hetero) is 3. The molecular formula is C18H12O6. The number of aliphatic hydroxyl groups is 3. The molecule has 2 aromatic carbocycles. The van der Waals surface area contributed by atoms with Gasteiger partial charge in [-0.15, -0.1) is 0 Å². The van der Waals surface area contributed by atoms with Crippen LogP contribution < -0.4 is 0 Å². The molecule has 0 bridgehead atoms. The first-order valence-electron chi connectivity index (χ1n) is 7.30. The van der Waals surface area contributed by atoms with Crippen LogP contribution in [0, 0.1) is 0 Å². The maximum absolute atomic E-state index is 12.7. The summed E-state index contributed by atoms with van der Waals surface area (Å²) in [6.45, 7) is 0. The maximum atomic E-state index is 12.7. The Morgan fingerprint density at radius 2 is 1.17 bits per heavy atom. The highest BCUT2D eigenvalue weighted by Gasteiger charge is 2.73. The van der Waals surface area contributed by atoms with Gasteiger partial charge in [-0.3, -0.25) is 14.4 Å². The molecule has 0 aromatic heterocycles. The molecule has 0 saturated heterocycles. The molecule has 2 unspecified atom stereocenters. The molecule has 120 valence electrons. The lowest BCUT2D eigenvalue weighted by molar-refractivity contribution is -0.129. The Morgan fingerprint density at radius 1 is 0.708 bits per heavy atom. The molecule has 2 aromatic rings. The van der Waals surface area contributed by atoms with E-state index in [1.54, 1.807) is 0 Å². The van der Waals surface area contributed by atoms with Crippen LogP contribution in [-0.4, -0.2) is 43.9 Å². The standard InChI is InChI=1S/C18H12O6/c19-13-9-5-1-2-6-10(9)14(20)17(13,23)18(24)15(21)11-7-3-4-8-12(11)16(18)22/h1-8,13,19,23-24H. The smallest absolute Gasteiger partial charge is 0.230 e. The summed E-state index contributed by atoms with van der Waals surface area (Å²) in [5, 5.41) is 32.3. The van der Waals surface area contributed by atoms with E-state index in [4.69, 9.17) is 0 Å². The molecule has 2 aliphatic carbocycles. The van der Waals surface area contributed by atoms with E-state index < -0.39 is 34.7 Å². The summed E-state index contributed by atoms with van der Waals surface area (Å²) in [6, 6.07) is 11.5. The SMILES string of the molecule is O=C1c2ccccc2C(=O)C1(O)C1(O)C(=O)c2ccccc2C1O. The average molecular weight is 324 g/mol. The van der Waals surface area contributed by atoms with Crippen molar-refractivity contribution in [3.8, 4) is 0 Å². The Morgan fingerprint density at radius 3 is 1.67 bits per heavy atom. The lowest BCUT2D eigenvalue weighted by atomic mass is 9.74. The number of benzene rings is 2. The molecule has 6 nitrogen and oxygen atoms in total. The van der Waals surface area contributed by atoms with E-state index in [1.807, 2.05) is 0 Å². The van der Waals surface area contributed by atoms with Crippen molar-refractivity contribution in [2.24, 2.45) is 0 Å². The summed E-state index contributed by atoms with van der Waals surface area (Å²) >= 11 is 0. The summed E-state index contributed by atoms with van der Waals surface area (Å²) in [4.78, 5) is 38.0. The summed E-state index contributed by atoms with van der Waals surface area (Å²) in [6.07, 6.45) is -1.89. The lowest BCUT2D eigenvalue weighted by Gasteiger charge is -2.36. The Bertz CT molecular complexity index is 896. The van der Waals surface area contributed by atoms with Crippen LogP contribution >= 0.6 is 0 Å². The third kappa shape index (κ3) is 1.39. The van der Waals surface area contributed by atoms with Gasteiger partial charge >= 0.3 is 0 Å². The molecule has 0 saturated carbocycles. The summed E-state index contributed by atoms with van der Waals surface area (Å²) in [7, 11) is 0. The predicted octanol–water partition coefficient (Wildman–Crippen LogP) is 0.458. The van der Waals surface area contributed by atoms with Crippen LogP contribution in [0.2, 0.25) is 0 Å². The van der Waals surface area contributed by atoms with Gasteiger partial charge < -0.3 is 15.3 Å². The number of fused-ring (bicyclic) bond motifs is 2. The Labute approximate surface area is 136 Å². The number of carbonyl (C=O) groups is 3. The second-order valence-corrected chi connectivity index (χ2v) is 6.00. The molecule has 2 aliphatic rings. The molecule has 0 spiro atoms. The minimum Gasteiger partial charge on any atom is -0.385 e. The number of hydrogen-bond donors (Lipinski definition) is 3. The van der Waals surface area contributed by atoms with Crippen LogP contribution in [0.5, 0.6) is 0 Å². The summed E-state index contributed by atoms with van der Waals surface area (Å²) in [5.41, 5.74) is -6.17. The van der Waals surface area contributed by atoms with E-state index in [9.17, 15) is 29.7 Å². The fourth-order valence-electron chi connectivity index (χ4n) is 3.58. The molecule has 4 rings (SSSR count). The van der Waals surface area contributed by atoms with Crippen LogP contribution in [0.1, 0.15) is 42.7 Å². The molecule has 0 fully saturated rings. The van der Waals surface area contributed by atoms with Crippen molar-refractivity contribution in [1.82, 2.24) is 0 Å². The molecule has 3 N–H and O–H groups in total. The monoisotopic (exact) mass is 324 g/mol. The van der Waals surface area contributed by atoms with Crippen LogP contribution in [-0.2, 0) is 0 Å². The molecule has 6 heteroatoms. The molecule has 24 heavy (non-hydrogen) atoms. The normalized spacial score (nSPS) is 27.3. The fourth-order valence-corrected chi connectivity index (χ4v) is 3.58. The van der Waals surface area contributed by atoms with Gasteiger partial charge in [-0.2, -0.15) is 0 Å². The van der Waals surface area contributed by atoms with Gasteiger partial charge in [0, 0.05) is 16.7 Å². The second-order valence-electron chi connectivity index (χ2n) is 6.00. The van der Waals surface area contributed by atoms with Gasteiger partial charge in [-0.05, 0) is 5.56 Å². The predicted molar refractivity (Wildman–Crippen MR) is 80.7 cm³/mol. The number of carbonyl (C=O) groups excluding carboxylic acids is 3. The van der Waals surface area contributed by atoms with E-state index in [1.165, 1.54) is 48.5 Å². The van der Waals surface area contributed by atoms with E-state index in [0.717, 1.165) is 0 Å². The van der Waals surface area contributed by atoms with Crippen molar-refractivity contribution in [3.05, 3.63) is 70.8 Å².